The summed E-state index contributed by atoms with van der Waals surface area (Å²) in [7, 11) is 0. The molecule has 1 aromatic rings. The molecule has 6 heteroatoms. The van der Waals surface area contributed by atoms with E-state index in [1.165, 1.54) is 0 Å². The molecule has 0 saturated carbocycles. The van der Waals surface area contributed by atoms with Gasteiger partial charge in [-0.1, -0.05) is 6.07 Å². The summed E-state index contributed by atoms with van der Waals surface area (Å²) in [6.07, 6.45) is 2.59. The van der Waals surface area contributed by atoms with Crippen molar-refractivity contribution >= 4 is 29.3 Å². The minimum Gasteiger partial charge on any atom is -0.481 e. The predicted octanol–water partition coefficient (Wildman–Crippen LogP) is 2.14. The van der Waals surface area contributed by atoms with Crippen LogP contribution in [-0.4, -0.2) is 47.3 Å². The lowest BCUT2D eigenvalue weighted by Gasteiger charge is -2.23. The van der Waals surface area contributed by atoms with Gasteiger partial charge in [-0.05, 0) is 44.3 Å². The van der Waals surface area contributed by atoms with Gasteiger partial charge < -0.3 is 10.4 Å². The number of carboxylic acids is 1. The molecule has 0 spiro atoms. The van der Waals surface area contributed by atoms with E-state index in [9.17, 15) is 9.59 Å². The van der Waals surface area contributed by atoms with Gasteiger partial charge in [0, 0.05) is 17.1 Å². The Morgan fingerprint density at radius 1 is 1.48 bits per heavy atom. The topological polar surface area (TPSA) is 69.6 Å². The van der Waals surface area contributed by atoms with Gasteiger partial charge in [0.2, 0.25) is 5.91 Å². The number of carbonyl (C=O) groups excluding carboxylic acids is 1. The zero-order valence-electron chi connectivity index (χ0n) is 12.2. The number of hydrogen-bond acceptors (Lipinski definition) is 4. The van der Waals surface area contributed by atoms with Crippen LogP contribution in [0.4, 0.5) is 5.69 Å². The Hall–Kier alpha value is -1.53. The Morgan fingerprint density at radius 2 is 2.24 bits per heavy atom. The molecule has 2 unspecified atom stereocenters. The molecule has 1 aliphatic rings. The van der Waals surface area contributed by atoms with Crippen molar-refractivity contribution in [2.75, 3.05) is 24.7 Å². The monoisotopic (exact) mass is 308 g/mol. The molecule has 0 aliphatic carbocycles. The minimum atomic E-state index is -0.780. The molecule has 5 nitrogen and oxygen atoms in total. The van der Waals surface area contributed by atoms with Gasteiger partial charge in [0.25, 0.3) is 0 Å². The molecule has 0 radical (unpaired) electrons. The molecular weight excluding hydrogens is 288 g/mol. The molecular formula is C15H20N2O3S. The highest BCUT2D eigenvalue weighted by Crippen LogP contribution is 2.21. The number of aliphatic carboxylic acids is 1. The SMILES string of the molecule is CSc1cccc(NC(=O)C(C)N2CCC(C(=O)O)C2)c1. The lowest BCUT2D eigenvalue weighted by Crippen LogP contribution is -2.41. The van der Waals surface area contributed by atoms with Crippen LogP contribution in [0.5, 0.6) is 0 Å². The fourth-order valence-electron chi connectivity index (χ4n) is 2.45. The molecule has 2 N–H and O–H groups in total. The molecule has 1 amide bonds. The maximum absolute atomic E-state index is 12.3. The normalized spacial score (nSPS) is 20.2. The second kappa shape index (κ2) is 6.95. The number of anilines is 1. The molecule has 0 bridgehead atoms. The first-order valence-corrected chi connectivity index (χ1v) is 8.15. The number of hydrogen-bond donors (Lipinski definition) is 2. The van der Waals surface area contributed by atoms with Crippen LogP contribution in [-0.2, 0) is 9.59 Å². The number of amides is 1. The van der Waals surface area contributed by atoms with Crippen LogP contribution in [0, 0.1) is 5.92 Å². The lowest BCUT2D eigenvalue weighted by atomic mass is 10.1. The highest BCUT2D eigenvalue weighted by Gasteiger charge is 2.33. The summed E-state index contributed by atoms with van der Waals surface area (Å²) < 4.78 is 0. The van der Waals surface area contributed by atoms with Gasteiger partial charge in [0.15, 0.2) is 0 Å². The van der Waals surface area contributed by atoms with Crippen LogP contribution in [0.2, 0.25) is 0 Å². The average Bonchev–Trinajstić information content (AvgIpc) is 2.96. The van der Waals surface area contributed by atoms with Crippen molar-refractivity contribution in [3.05, 3.63) is 24.3 Å². The Bertz CT molecular complexity index is 535. The van der Waals surface area contributed by atoms with E-state index in [0.717, 1.165) is 10.6 Å². The van der Waals surface area contributed by atoms with Crippen molar-refractivity contribution < 1.29 is 14.7 Å². The standard InChI is InChI=1S/C15H20N2O3S/c1-10(17-7-6-11(9-17)15(19)20)14(18)16-12-4-3-5-13(8-12)21-2/h3-5,8,10-11H,6-7,9H2,1-2H3,(H,16,18)(H,19,20). The van der Waals surface area contributed by atoms with E-state index in [2.05, 4.69) is 5.32 Å². The van der Waals surface area contributed by atoms with Gasteiger partial charge in [-0.2, -0.15) is 0 Å². The van der Waals surface area contributed by atoms with E-state index < -0.39 is 5.97 Å². The highest BCUT2D eigenvalue weighted by molar-refractivity contribution is 7.98. The van der Waals surface area contributed by atoms with Crippen LogP contribution in [0.25, 0.3) is 0 Å². The highest BCUT2D eigenvalue weighted by atomic mass is 32.2. The molecule has 0 aromatic heterocycles. The number of rotatable bonds is 5. The molecule has 2 rings (SSSR count). The van der Waals surface area contributed by atoms with E-state index >= 15 is 0 Å². The fourth-order valence-corrected chi connectivity index (χ4v) is 2.91. The third-order valence-corrected chi connectivity index (χ3v) is 4.56. The van der Waals surface area contributed by atoms with Gasteiger partial charge in [-0.3, -0.25) is 14.5 Å². The molecule has 1 aromatic carbocycles. The maximum Gasteiger partial charge on any atom is 0.307 e. The van der Waals surface area contributed by atoms with Gasteiger partial charge in [-0.25, -0.2) is 0 Å². The number of carboxylic acid groups (broad SMARTS) is 1. The van der Waals surface area contributed by atoms with E-state index in [1.807, 2.05) is 42.3 Å². The lowest BCUT2D eigenvalue weighted by molar-refractivity contribution is -0.141. The zero-order valence-corrected chi connectivity index (χ0v) is 13.0. The second-order valence-electron chi connectivity index (χ2n) is 5.22. The molecule has 114 valence electrons. The Balaban J connectivity index is 1.95. The summed E-state index contributed by atoms with van der Waals surface area (Å²) in [6, 6.07) is 7.35. The molecule has 1 heterocycles. The Morgan fingerprint density at radius 3 is 2.86 bits per heavy atom. The van der Waals surface area contributed by atoms with Crippen LogP contribution in [0.3, 0.4) is 0 Å². The Kier molecular flexibility index (Phi) is 5.25. The molecule has 2 atom stereocenters. The van der Waals surface area contributed by atoms with Crippen LogP contribution in [0.1, 0.15) is 13.3 Å². The Labute approximate surface area is 128 Å². The number of nitrogens with one attached hydrogen (secondary N) is 1. The number of carbonyl (C=O) groups is 2. The third-order valence-electron chi connectivity index (χ3n) is 3.83. The molecule has 1 fully saturated rings. The van der Waals surface area contributed by atoms with Crippen LogP contribution >= 0.6 is 11.8 Å². The van der Waals surface area contributed by atoms with Crippen molar-refractivity contribution in [1.29, 1.82) is 0 Å². The first-order chi connectivity index (χ1) is 10.0. The average molecular weight is 308 g/mol. The van der Waals surface area contributed by atoms with E-state index in [4.69, 9.17) is 5.11 Å². The summed E-state index contributed by atoms with van der Waals surface area (Å²) in [5, 5.41) is 11.9. The second-order valence-corrected chi connectivity index (χ2v) is 6.10. The number of benzene rings is 1. The van der Waals surface area contributed by atoms with E-state index in [0.29, 0.717) is 19.5 Å². The molecule has 1 aliphatic heterocycles. The van der Waals surface area contributed by atoms with Gasteiger partial charge in [0.05, 0.1) is 12.0 Å². The smallest absolute Gasteiger partial charge is 0.307 e. The number of likely N-dealkylation sites (tertiary alicyclic amines) is 1. The summed E-state index contributed by atoms with van der Waals surface area (Å²) in [6.45, 7) is 2.91. The number of nitrogens with zero attached hydrogens (tertiary/aromatic N) is 1. The van der Waals surface area contributed by atoms with Crippen molar-refractivity contribution in [1.82, 2.24) is 4.90 Å². The first kappa shape index (κ1) is 15.9. The van der Waals surface area contributed by atoms with Gasteiger partial charge in [-0.15, -0.1) is 11.8 Å². The number of thioether (sulfide) groups is 1. The molecule has 1 saturated heterocycles. The van der Waals surface area contributed by atoms with Crippen LogP contribution in [0.15, 0.2) is 29.2 Å². The van der Waals surface area contributed by atoms with Gasteiger partial charge in [0.1, 0.15) is 0 Å². The zero-order chi connectivity index (χ0) is 15.4. The summed E-state index contributed by atoms with van der Waals surface area (Å²) in [5.74, 6) is -1.24. The predicted molar refractivity (Wildman–Crippen MR) is 83.6 cm³/mol. The van der Waals surface area contributed by atoms with Crippen molar-refractivity contribution in [3.8, 4) is 0 Å². The van der Waals surface area contributed by atoms with E-state index in [-0.39, 0.29) is 17.9 Å². The minimum absolute atomic E-state index is 0.0979. The largest absolute Gasteiger partial charge is 0.481 e. The van der Waals surface area contributed by atoms with Crippen LogP contribution < -0.4 is 5.32 Å². The third kappa shape index (κ3) is 3.98. The van der Waals surface area contributed by atoms with E-state index in [1.54, 1.807) is 11.8 Å². The molecule has 21 heavy (non-hydrogen) atoms. The fraction of sp³-hybridized carbons (Fsp3) is 0.467. The quantitative estimate of drug-likeness (QED) is 0.816. The summed E-state index contributed by atoms with van der Waals surface area (Å²) >= 11 is 1.62. The maximum atomic E-state index is 12.3. The first-order valence-electron chi connectivity index (χ1n) is 6.93. The van der Waals surface area contributed by atoms with Crippen molar-refractivity contribution in [2.24, 2.45) is 5.92 Å². The van der Waals surface area contributed by atoms with Crippen molar-refractivity contribution in [2.45, 2.75) is 24.3 Å². The van der Waals surface area contributed by atoms with Gasteiger partial charge >= 0.3 is 5.97 Å². The summed E-state index contributed by atoms with van der Waals surface area (Å²) in [4.78, 5) is 26.3. The van der Waals surface area contributed by atoms with Crippen molar-refractivity contribution in [3.63, 3.8) is 0 Å². The summed E-state index contributed by atoms with van der Waals surface area (Å²) in [5.41, 5.74) is 0.771.